The highest BCUT2D eigenvalue weighted by Gasteiger charge is 2.21. The van der Waals surface area contributed by atoms with Gasteiger partial charge in [0.05, 0.1) is 10.9 Å². The van der Waals surface area contributed by atoms with Gasteiger partial charge in [0.1, 0.15) is 5.82 Å². The number of aryl methyl sites for hydroxylation is 2. The minimum Gasteiger partial charge on any atom is -0.302 e. The molecule has 1 N–H and O–H groups in total. The van der Waals surface area contributed by atoms with E-state index in [1.807, 2.05) is 49.6 Å². The van der Waals surface area contributed by atoms with Crippen LogP contribution in [-0.4, -0.2) is 30.9 Å². The van der Waals surface area contributed by atoms with E-state index in [0.717, 1.165) is 22.0 Å². The average molecular weight is 414 g/mol. The summed E-state index contributed by atoms with van der Waals surface area (Å²) in [6.07, 6.45) is 2.49. The van der Waals surface area contributed by atoms with Crippen LogP contribution in [-0.2, 0) is 17.8 Å². The van der Waals surface area contributed by atoms with Gasteiger partial charge in [-0.1, -0.05) is 48.2 Å². The maximum atomic E-state index is 12.6. The van der Waals surface area contributed by atoms with Crippen LogP contribution in [0.3, 0.4) is 0 Å². The summed E-state index contributed by atoms with van der Waals surface area (Å²) < 4.78 is 2.01. The number of nitrogens with one attached hydrogen (secondary N) is 1. The molecule has 0 aliphatic rings. The molecule has 1 aromatic carbocycles. The number of hydrogen-bond donors (Lipinski definition) is 1. The van der Waals surface area contributed by atoms with Gasteiger partial charge in [0.25, 0.3) is 0 Å². The molecule has 0 spiro atoms. The van der Waals surface area contributed by atoms with Crippen LogP contribution < -0.4 is 5.32 Å². The molecule has 0 aliphatic heterocycles. The van der Waals surface area contributed by atoms with Gasteiger partial charge in [-0.3, -0.25) is 4.79 Å². The number of thiazole rings is 1. The second kappa shape index (κ2) is 9.16. The number of nitrogens with zero attached hydrogens (tertiary/aromatic N) is 4. The maximum Gasteiger partial charge on any atom is 0.239 e. The van der Waals surface area contributed by atoms with Crippen LogP contribution in [0.15, 0.2) is 48.1 Å². The maximum absolute atomic E-state index is 12.6. The molecule has 2 aromatic heterocycles. The Hall–Kier alpha value is -2.45. The number of allylic oxidation sites excluding steroid dienone is 1. The first-order valence-corrected chi connectivity index (χ1v) is 10.7. The Balaban J connectivity index is 1.71. The van der Waals surface area contributed by atoms with E-state index in [1.165, 1.54) is 23.1 Å². The van der Waals surface area contributed by atoms with Gasteiger partial charge < -0.3 is 9.88 Å². The number of thioether (sulfide) groups is 1. The van der Waals surface area contributed by atoms with E-state index in [4.69, 9.17) is 0 Å². The van der Waals surface area contributed by atoms with Crippen LogP contribution in [0, 0.1) is 13.8 Å². The van der Waals surface area contributed by atoms with Gasteiger partial charge in [-0.25, -0.2) is 4.98 Å². The minimum atomic E-state index is -0.332. The highest BCUT2D eigenvalue weighted by molar-refractivity contribution is 8.00. The van der Waals surface area contributed by atoms with E-state index in [2.05, 4.69) is 39.2 Å². The Kier molecular flexibility index (Phi) is 6.64. The van der Waals surface area contributed by atoms with Crippen molar-refractivity contribution in [3.05, 3.63) is 64.9 Å². The summed E-state index contributed by atoms with van der Waals surface area (Å²) in [7, 11) is 0. The molecular formula is C20H23N5OS2. The van der Waals surface area contributed by atoms with Crippen LogP contribution in [0.5, 0.6) is 0 Å². The van der Waals surface area contributed by atoms with E-state index < -0.39 is 0 Å². The zero-order valence-corrected chi connectivity index (χ0v) is 17.8. The molecule has 1 atom stereocenters. The van der Waals surface area contributed by atoms with Crippen molar-refractivity contribution in [1.29, 1.82) is 0 Å². The largest absolute Gasteiger partial charge is 0.302 e. The number of hydrogen-bond acceptors (Lipinski definition) is 6. The van der Waals surface area contributed by atoms with E-state index in [-0.39, 0.29) is 11.2 Å². The van der Waals surface area contributed by atoms with Crippen molar-refractivity contribution in [3.8, 4) is 0 Å². The van der Waals surface area contributed by atoms with Crippen molar-refractivity contribution < 1.29 is 4.79 Å². The zero-order valence-electron chi connectivity index (χ0n) is 16.2. The number of carbonyl (C=O) groups excluding carboxylic acids is 1. The second-order valence-corrected chi connectivity index (χ2v) is 8.88. The predicted molar refractivity (Wildman–Crippen MR) is 115 cm³/mol. The molecule has 8 heteroatoms. The fraction of sp³-hybridized carbons (Fsp3) is 0.300. The Labute approximate surface area is 173 Å². The minimum absolute atomic E-state index is 0.100. The topological polar surface area (TPSA) is 72.7 Å². The van der Waals surface area contributed by atoms with E-state index in [9.17, 15) is 4.79 Å². The van der Waals surface area contributed by atoms with Crippen LogP contribution in [0.25, 0.3) is 0 Å². The fourth-order valence-corrected chi connectivity index (χ4v) is 4.27. The van der Waals surface area contributed by atoms with Crippen molar-refractivity contribution in [3.63, 3.8) is 0 Å². The molecule has 0 radical (unpaired) electrons. The Morgan fingerprint density at radius 1 is 1.32 bits per heavy atom. The summed E-state index contributed by atoms with van der Waals surface area (Å²) >= 11 is 2.87. The van der Waals surface area contributed by atoms with Crippen molar-refractivity contribution >= 4 is 34.1 Å². The Morgan fingerprint density at radius 3 is 2.71 bits per heavy atom. The number of carbonyl (C=O) groups is 1. The zero-order chi connectivity index (χ0) is 20.1. The van der Waals surface area contributed by atoms with Crippen molar-refractivity contribution in [2.75, 3.05) is 5.32 Å². The SMILES string of the molecule is C=CCn1c(Cc2ccccc2)nnc1SC(C)C(=O)Nc1nc(C)c(C)s1. The van der Waals surface area contributed by atoms with Gasteiger partial charge in [0, 0.05) is 17.8 Å². The Morgan fingerprint density at radius 2 is 2.07 bits per heavy atom. The number of rotatable bonds is 8. The number of benzene rings is 1. The van der Waals surface area contributed by atoms with Crippen molar-refractivity contribution in [1.82, 2.24) is 19.7 Å². The average Bonchev–Trinajstić information content (AvgIpc) is 3.19. The number of anilines is 1. The molecule has 0 fully saturated rings. The normalized spacial score (nSPS) is 12.0. The first kappa shape index (κ1) is 20.3. The van der Waals surface area contributed by atoms with Gasteiger partial charge >= 0.3 is 0 Å². The van der Waals surface area contributed by atoms with Gasteiger partial charge in [0.15, 0.2) is 10.3 Å². The number of amides is 1. The van der Waals surface area contributed by atoms with E-state index in [1.54, 1.807) is 0 Å². The predicted octanol–water partition coefficient (Wildman–Crippen LogP) is 4.25. The standard InChI is InChI=1S/C20H23N5OS2/c1-5-11-25-17(12-16-9-7-6-8-10-16)23-24-20(25)28-15(4)18(26)22-19-21-13(2)14(3)27-19/h5-10,15H,1,11-12H2,2-4H3,(H,21,22,26). The van der Waals surface area contributed by atoms with Crippen molar-refractivity contribution in [2.24, 2.45) is 0 Å². The molecule has 146 valence electrons. The van der Waals surface area contributed by atoms with Crippen LogP contribution in [0.1, 0.15) is 28.9 Å². The fourth-order valence-electron chi connectivity index (χ4n) is 2.57. The smallest absolute Gasteiger partial charge is 0.239 e. The van der Waals surface area contributed by atoms with Crippen LogP contribution in [0.4, 0.5) is 5.13 Å². The summed E-state index contributed by atoms with van der Waals surface area (Å²) in [6.45, 7) is 10.2. The Bertz CT molecular complexity index is 945. The lowest BCUT2D eigenvalue weighted by atomic mass is 10.1. The third-order valence-corrected chi connectivity index (χ3v) is 6.29. The molecule has 6 nitrogen and oxygen atoms in total. The van der Waals surface area contributed by atoms with Crippen molar-refractivity contribution in [2.45, 2.75) is 44.1 Å². The molecule has 1 amide bonds. The van der Waals surface area contributed by atoms with Gasteiger partial charge in [-0.05, 0) is 26.3 Å². The van der Waals surface area contributed by atoms with E-state index >= 15 is 0 Å². The monoisotopic (exact) mass is 413 g/mol. The van der Waals surface area contributed by atoms with Crippen LogP contribution in [0.2, 0.25) is 0 Å². The third-order valence-electron chi connectivity index (χ3n) is 4.22. The molecule has 3 aromatic rings. The molecular weight excluding hydrogens is 390 g/mol. The van der Waals surface area contributed by atoms with E-state index in [0.29, 0.717) is 23.3 Å². The second-order valence-electron chi connectivity index (χ2n) is 6.37. The first-order valence-electron chi connectivity index (χ1n) is 8.96. The first-order chi connectivity index (χ1) is 13.5. The highest BCUT2D eigenvalue weighted by Crippen LogP contribution is 2.26. The lowest BCUT2D eigenvalue weighted by molar-refractivity contribution is -0.115. The molecule has 2 heterocycles. The summed E-state index contributed by atoms with van der Waals surface area (Å²) in [5.41, 5.74) is 2.11. The molecule has 28 heavy (non-hydrogen) atoms. The lowest BCUT2D eigenvalue weighted by Gasteiger charge is -2.12. The number of aromatic nitrogens is 4. The molecule has 3 rings (SSSR count). The third kappa shape index (κ3) is 4.88. The molecule has 0 saturated carbocycles. The molecule has 0 bridgehead atoms. The molecule has 1 unspecified atom stereocenters. The van der Waals surface area contributed by atoms with Crippen LogP contribution >= 0.6 is 23.1 Å². The van der Waals surface area contributed by atoms with Gasteiger partial charge in [-0.2, -0.15) is 0 Å². The summed E-state index contributed by atoms with van der Waals surface area (Å²) in [6, 6.07) is 10.1. The molecule has 0 aliphatic carbocycles. The molecule has 0 saturated heterocycles. The summed E-state index contributed by atoms with van der Waals surface area (Å²) in [5, 5.41) is 12.6. The highest BCUT2D eigenvalue weighted by atomic mass is 32.2. The quantitative estimate of drug-likeness (QED) is 0.441. The summed E-state index contributed by atoms with van der Waals surface area (Å²) in [5.74, 6) is 0.754. The van der Waals surface area contributed by atoms with Gasteiger partial charge in [-0.15, -0.1) is 28.1 Å². The summed E-state index contributed by atoms with van der Waals surface area (Å²) in [4.78, 5) is 18.0. The lowest BCUT2D eigenvalue weighted by Crippen LogP contribution is -2.23. The van der Waals surface area contributed by atoms with Gasteiger partial charge in [0.2, 0.25) is 5.91 Å².